The van der Waals surface area contributed by atoms with E-state index in [0.717, 1.165) is 18.7 Å². The molecule has 0 saturated carbocycles. The average molecular weight is 257 g/mol. The highest BCUT2D eigenvalue weighted by atomic mass is 32.2. The van der Waals surface area contributed by atoms with E-state index in [1.165, 1.54) is 6.26 Å². The fourth-order valence-corrected chi connectivity index (χ4v) is 1.79. The molecule has 0 aliphatic carbocycles. The minimum Gasteiger partial charge on any atom is -0.311 e. The Morgan fingerprint density at radius 3 is 2.76 bits per heavy atom. The average Bonchev–Trinajstić information content (AvgIpc) is 2.28. The summed E-state index contributed by atoms with van der Waals surface area (Å²) in [5.74, 6) is 0.364. The van der Waals surface area contributed by atoms with Gasteiger partial charge in [-0.1, -0.05) is 6.92 Å². The zero-order chi connectivity index (χ0) is 12.9. The van der Waals surface area contributed by atoms with Gasteiger partial charge in [-0.3, -0.25) is 0 Å². The third kappa shape index (κ3) is 4.40. The normalized spacial score (nSPS) is 13.6. The van der Waals surface area contributed by atoms with Gasteiger partial charge in [0, 0.05) is 19.0 Å². The summed E-state index contributed by atoms with van der Waals surface area (Å²) in [5.41, 5.74) is 0.818. The van der Waals surface area contributed by atoms with Gasteiger partial charge in [-0.2, -0.15) is 0 Å². The Morgan fingerprint density at radius 2 is 2.18 bits per heavy atom. The van der Waals surface area contributed by atoms with Gasteiger partial charge in [0.25, 0.3) is 0 Å². The van der Waals surface area contributed by atoms with Crippen LogP contribution < -0.4 is 5.32 Å². The second kappa shape index (κ2) is 6.07. The standard InChI is InChI=1S/C11H19N3O2S/c1-4-6-12-8-10-5-7-13-11(14-10)9(2)17(3,15)16/h5,7,9,12H,4,6,8H2,1-3H3. The van der Waals surface area contributed by atoms with Crippen LogP contribution in [0.25, 0.3) is 0 Å². The van der Waals surface area contributed by atoms with Crippen molar-refractivity contribution in [2.45, 2.75) is 32.1 Å². The molecule has 1 heterocycles. The maximum Gasteiger partial charge on any atom is 0.157 e. The number of hydrogen-bond donors (Lipinski definition) is 1. The summed E-state index contributed by atoms with van der Waals surface area (Å²) in [6, 6.07) is 1.79. The topological polar surface area (TPSA) is 72.0 Å². The zero-order valence-electron chi connectivity index (χ0n) is 10.5. The smallest absolute Gasteiger partial charge is 0.157 e. The summed E-state index contributed by atoms with van der Waals surface area (Å²) in [6.45, 7) is 5.25. The van der Waals surface area contributed by atoms with Crippen molar-refractivity contribution in [3.63, 3.8) is 0 Å². The molecule has 0 saturated heterocycles. The van der Waals surface area contributed by atoms with Crippen LogP contribution in [0.3, 0.4) is 0 Å². The maximum atomic E-state index is 11.4. The van der Waals surface area contributed by atoms with Crippen molar-refractivity contribution in [1.82, 2.24) is 15.3 Å². The Labute approximate surface area is 103 Å². The highest BCUT2D eigenvalue weighted by Gasteiger charge is 2.20. The third-order valence-electron chi connectivity index (χ3n) is 2.47. The molecule has 0 spiro atoms. The number of aromatic nitrogens is 2. The lowest BCUT2D eigenvalue weighted by Crippen LogP contribution is -2.17. The molecule has 1 N–H and O–H groups in total. The number of hydrogen-bond acceptors (Lipinski definition) is 5. The Balaban J connectivity index is 2.79. The highest BCUT2D eigenvalue weighted by Crippen LogP contribution is 2.16. The quantitative estimate of drug-likeness (QED) is 0.772. The number of nitrogens with zero attached hydrogens (tertiary/aromatic N) is 2. The highest BCUT2D eigenvalue weighted by molar-refractivity contribution is 7.90. The van der Waals surface area contributed by atoms with E-state index in [9.17, 15) is 8.42 Å². The van der Waals surface area contributed by atoms with E-state index < -0.39 is 15.1 Å². The number of sulfone groups is 1. The Hall–Kier alpha value is -1.01. The summed E-state index contributed by atoms with van der Waals surface area (Å²) in [6.07, 6.45) is 3.85. The fourth-order valence-electron chi connectivity index (χ4n) is 1.29. The summed E-state index contributed by atoms with van der Waals surface area (Å²) in [5, 5.41) is 2.56. The first-order valence-electron chi connectivity index (χ1n) is 5.66. The van der Waals surface area contributed by atoms with Crippen LogP contribution in [0.15, 0.2) is 12.3 Å². The van der Waals surface area contributed by atoms with Gasteiger partial charge < -0.3 is 5.32 Å². The zero-order valence-corrected chi connectivity index (χ0v) is 11.3. The SMILES string of the molecule is CCCNCc1ccnc(C(C)S(C)(=O)=O)n1. The molecule has 0 aromatic carbocycles. The molecule has 1 unspecified atom stereocenters. The second-order valence-electron chi connectivity index (χ2n) is 4.05. The molecule has 1 aromatic heterocycles. The summed E-state index contributed by atoms with van der Waals surface area (Å²) in [7, 11) is -3.14. The number of rotatable bonds is 6. The van der Waals surface area contributed by atoms with E-state index in [4.69, 9.17) is 0 Å². The lowest BCUT2D eigenvalue weighted by Gasteiger charge is -2.09. The summed E-state index contributed by atoms with van der Waals surface area (Å²) in [4.78, 5) is 8.27. The molecule has 0 radical (unpaired) electrons. The van der Waals surface area contributed by atoms with Crippen molar-refractivity contribution in [3.8, 4) is 0 Å². The summed E-state index contributed by atoms with van der Waals surface area (Å²) < 4.78 is 22.8. The molecule has 96 valence electrons. The van der Waals surface area contributed by atoms with Gasteiger partial charge >= 0.3 is 0 Å². The first-order chi connectivity index (χ1) is 7.95. The molecule has 0 amide bonds. The molecule has 17 heavy (non-hydrogen) atoms. The maximum absolute atomic E-state index is 11.4. The number of nitrogens with one attached hydrogen (secondary N) is 1. The van der Waals surface area contributed by atoms with E-state index in [-0.39, 0.29) is 0 Å². The molecular weight excluding hydrogens is 238 g/mol. The van der Waals surface area contributed by atoms with Crippen LogP contribution in [-0.4, -0.2) is 31.2 Å². The molecule has 1 atom stereocenters. The van der Waals surface area contributed by atoms with Crippen molar-refractivity contribution in [2.75, 3.05) is 12.8 Å². The molecule has 0 bridgehead atoms. The van der Waals surface area contributed by atoms with Gasteiger partial charge in [-0.25, -0.2) is 18.4 Å². The molecule has 0 aliphatic heterocycles. The van der Waals surface area contributed by atoms with E-state index in [0.29, 0.717) is 12.4 Å². The summed E-state index contributed by atoms with van der Waals surface area (Å²) >= 11 is 0. The van der Waals surface area contributed by atoms with Gasteiger partial charge in [-0.15, -0.1) is 0 Å². The monoisotopic (exact) mass is 257 g/mol. The van der Waals surface area contributed by atoms with E-state index in [1.54, 1.807) is 19.2 Å². The minimum absolute atomic E-state index is 0.364. The van der Waals surface area contributed by atoms with Crippen LogP contribution >= 0.6 is 0 Å². The Bertz CT molecular complexity index is 460. The predicted octanol–water partition coefficient (Wildman–Crippen LogP) is 1.08. The first kappa shape index (κ1) is 14.1. The van der Waals surface area contributed by atoms with Gasteiger partial charge in [0.1, 0.15) is 11.1 Å². The Kier molecular flexibility index (Phi) is 5.02. The van der Waals surface area contributed by atoms with Crippen molar-refractivity contribution < 1.29 is 8.42 Å². The van der Waals surface area contributed by atoms with E-state index >= 15 is 0 Å². The lowest BCUT2D eigenvalue weighted by molar-refractivity contribution is 0.588. The molecule has 0 fully saturated rings. The molecule has 1 rings (SSSR count). The van der Waals surface area contributed by atoms with E-state index in [1.807, 2.05) is 0 Å². The van der Waals surface area contributed by atoms with Crippen LogP contribution in [0.2, 0.25) is 0 Å². The minimum atomic E-state index is -3.14. The van der Waals surface area contributed by atoms with Crippen LogP contribution in [-0.2, 0) is 16.4 Å². The lowest BCUT2D eigenvalue weighted by atomic mass is 10.3. The first-order valence-corrected chi connectivity index (χ1v) is 7.62. The van der Waals surface area contributed by atoms with Crippen molar-refractivity contribution >= 4 is 9.84 Å². The van der Waals surface area contributed by atoms with Crippen molar-refractivity contribution in [2.24, 2.45) is 0 Å². The Morgan fingerprint density at radius 1 is 1.47 bits per heavy atom. The van der Waals surface area contributed by atoms with Crippen molar-refractivity contribution in [1.29, 1.82) is 0 Å². The largest absolute Gasteiger partial charge is 0.311 e. The van der Waals surface area contributed by atoms with Crippen molar-refractivity contribution in [3.05, 3.63) is 23.8 Å². The predicted molar refractivity (Wildman–Crippen MR) is 67.3 cm³/mol. The van der Waals surface area contributed by atoms with Gasteiger partial charge in [0.2, 0.25) is 0 Å². The third-order valence-corrected chi connectivity index (χ3v) is 3.97. The van der Waals surface area contributed by atoms with Gasteiger partial charge in [0.05, 0.1) is 5.69 Å². The molecule has 5 nitrogen and oxygen atoms in total. The molecule has 0 aliphatic rings. The molecule has 6 heteroatoms. The molecular formula is C11H19N3O2S. The second-order valence-corrected chi connectivity index (χ2v) is 6.42. The van der Waals surface area contributed by atoms with Gasteiger partial charge in [0.15, 0.2) is 9.84 Å². The van der Waals surface area contributed by atoms with Crippen LogP contribution in [0.5, 0.6) is 0 Å². The molecule has 1 aromatic rings. The fraction of sp³-hybridized carbons (Fsp3) is 0.636. The van der Waals surface area contributed by atoms with Crippen LogP contribution in [0, 0.1) is 0 Å². The van der Waals surface area contributed by atoms with Gasteiger partial charge in [-0.05, 0) is 26.0 Å². The van der Waals surface area contributed by atoms with Crippen LogP contribution in [0.4, 0.5) is 0 Å². The van der Waals surface area contributed by atoms with E-state index in [2.05, 4.69) is 22.2 Å². The van der Waals surface area contributed by atoms with Crippen LogP contribution in [0.1, 0.15) is 37.0 Å².